The zero-order valence-electron chi connectivity index (χ0n) is 13.0. The molecule has 1 amide bonds. The monoisotopic (exact) mass is 304 g/mol. The molecule has 1 saturated carbocycles. The van der Waals surface area contributed by atoms with Gasteiger partial charge in [0.05, 0.1) is 7.11 Å². The zero-order valence-corrected chi connectivity index (χ0v) is 13.0. The Morgan fingerprint density at radius 1 is 1.23 bits per heavy atom. The maximum atomic E-state index is 12.1. The number of esters is 1. The van der Waals surface area contributed by atoms with E-state index < -0.39 is 0 Å². The Balaban J connectivity index is 1.65. The molecule has 22 heavy (non-hydrogen) atoms. The third kappa shape index (κ3) is 4.76. The standard InChI is InChI=1S/C17H24N2O3/c1-22-16(20)6-2-3-11-18-17(21)14-7-9-15(10-8-14)19-12-4-5-13-19/h2,4-6,12-15H,3,7-11H2,1H3,(H,18,21)/b6-2+. The third-order valence-corrected chi connectivity index (χ3v) is 4.18. The summed E-state index contributed by atoms with van der Waals surface area (Å²) in [5.41, 5.74) is 0. The maximum Gasteiger partial charge on any atom is 0.330 e. The number of ether oxygens (including phenoxy) is 1. The number of amides is 1. The molecular weight excluding hydrogens is 280 g/mol. The molecule has 2 rings (SSSR count). The largest absolute Gasteiger partial charge is 0.466 e. The molecule has 1 aromatic heterocycles. The number of carbonyl (C=O) groups is 2. The molecule has 0 unspecified atom stereocenters. The van der Waals surface area contributed by atoms with Gasteiger partial charge in [0, 0.05) is 37.0 Å². The molecule has 0 saturated heterocycles. The van der Waals surface area contributed by atoms with Crippen LogP contribution in [0.15, 0.2) is 36.7 Å². The quantitative estimate of drug-likeness (QED) is 0.499. The van der Waals surface area contributed by atoms with Crippen LogP contribution >= 0.6 is 0 Å². The summed E-state index contributed by atoms with van der Waals surface area (Å²) in [7, 11) is 1.35. The fourth-order valence-electron chi connectivity index (χ4n) is 2.90. The summed E-state index contributed by atoms with van der Waals surface area (Å²) in [4.78, 5) is 23.0. The number of carbonyl (C=O) groups excluding carboxylic acids is 2. The van der Waals surface area contributed by atoms with Crippen molar-refractivity contribution in [1.29, 1.82) is 0 Å². The smallest absolute Gasteiger partial charge is 0.330 e. The van der Waals surface area contributed by atoms with Gasteiger partial charge in [-0.1, -0.05) is 6.08 Å². The number of hydrogen-bond acceptors (Lipinski definition) is 3. The van der Waals surface area contributed by atoms with Crippen molar-refractivity contribution in [2.24, 2.45) is 5.92 Å². The highest BCUT2D eigenvalue weighted by Gasteiger charge is 2.26. The summed E-state index contributed by atoms with van der Waals surface area (Å²) in [5.74, 6) is -0.108. The Kier molecular flexibility index (Phi) is 6.25. The van der Waals surface area contributed by atoms with Gasteiger partial charge < -0.3 is 14.6 Å². The average molecular weight is 304 g/mol. The van der Waals surface area contributed by atoms with E-state index in [2.05, 4.69) is 27.0 Å². The summed E-state index contributed by atoms with van der Waals surface area (Å²) in [5, 5.41) is 2.94. The molecule has 0 radical (unpaired) electrons. The topological polar surface area (TPSA) is 60.3 Å². The Morgan fingerprint density at radius 2 is 1.91 bits per heavy atom. The number of aromatic nitrogens is 1. The Labute approximate surface area is 131 Å². The van der Waals surface area contributed by atoms with Crippen LogP contribution in [0.25, 0.3) is 0 Å². The van der Waals surface area contributed by atoms with Crippen LogP contribution in [-0.2, 0) is 14.3 Å². The molecule has 1 heterocycles. The number of hydrogen-bond donors (Lipinski definition) is 1. The van der Waals surface area contributed by atoms with Crippen LogP contribution in [-0.4, -0.2) is 30.1 Å². The zero-order chi connectivity index (χ0) is 15.8. The molecule has 0 aromatic carbocycles. The minimum absolute atomic E-state index is 0.122. The summed E-state index contributed by atoms with van der Waals surface area (Å²) in [6, 6.07) is 4.61. The minimum atomic E-state index is -0.366. The van der Waals surface area contributed by atoms with Crippen molar-refractivity contribution in [3.8, 4) is 0 Å². The lowest BCUT2D eigenvalue weighted by Crippen LogP contribution is -2.33. The first-order valence-corrected chi connectivity index (χ1v) is 7.85. The van der Waals surface area contributed by atoms with Crippen LogP contribution in [0.1, 0.15) is 38.1 Å². The molecule has 1 fully saturated rings. The Morgan fingerprint density at radius 3 is 2.55 bits per heavy atom. The Bertz CT molecular complexity index is 500. The first-order valence-electron chi connectivity index (χ1n) is 7.85. The van der Waals surface area contributed by atoms with Crippen molar-refractivity contribution in [2.45, 2.75) is 38.1 Å². The average Bonchev–Trinajstić information content (AvgIpc) is 3.08. The van der Waals surface area contributed by atoms with E-state index in [4.69, 9.17) is 0 Å². The van der Waals surface area contributed by atoms with E-state index >= 15 is 0 Å². The summed E-state index contributed by atoms with van der Waals surface area (Å²) in [6.45, 7) is 0.559. The van der Waals surface area contributed by atoms with E-state index in [0.717, 1.165) is 25.7 Å². The molecule has 120 valence electrons. The number of nitrogens with one attached hydrogen (secondary N) is 1. The first kappa shape index (κ1) is 16.3. The van der Waals surface area contributed by atoms with Gasteiger partial charge >= 0.3 is 5.97 Å². The number of nitrogens with zero attached hydrogens (tertiary/aromatic N) is 1. The van der Waals surface area contributed by atoms with Gasteiger partial charge in [-0.25, -0.2) is 4.79 Å². The summed E-state index contributed by atoms with van der Waals surface area (Å²) < 4.78 is 6.74. The van der Waals surface area contributed by atoms with Gasteiger partial charge in [-0.05, 0) is 44.2 Å². The van der Waals surface area contributed by atoms with E-state index in [-0.39, 0.29) is 17.8 Å². The van der Waals surface area contributed by atoms with Crippen LogP contribution in [0.5, 0.6) is 0 Å². The molecule has 5 heteroatoms. The maximum absolute atomic E-state index is 12.1. The van der Waals surface area contributed by atoms with Crippen LogP contribution in [0.2, 0.25) is 0 Å². The lowest BCUT2D eigenvalue weighted by Gasteiger charge is -2.28. The van der Waals surface area contributed by atoms with Gasteiger partial charge in [-0.2, -0.15) is 0 Å². The predicted molar refractivity (Wildman–Crippen MR) is 84.2 cm³/mol. The number of rotatable bonds is 6. The molecule has 1 aromatic rings. The van der Waals surface area contributed by atoms with E-state index in [1.807, 2.05) is 12.1 Å². The molecule has 1 aliphatic carbocycles. The highest BCUT2D eigenvalue weighted by atomic mass is 16.5. The highest BCUT2D eigenvalue weighted by molar-refractivity contribution is 5.81. The molecular formula is C17H24N2O3. The van der Waals surface area contributed by atoms with Gasteiger partial charge in [-0.15, -0.1) is 0 Å². The molecule has 0 atom stereocenters. The second-order valence-corrected chi connectivity index (χ2v) is 5.64. The molecule has 1 N–H and O–H groups in total. The minimum Gasteiger partial charge on any atom is -0.466 e. The Hall–Kier alpha value is -2.04. The van der Waals surface area contributed by atoms with Gasteiger partial charge in [0.15, 0.2) is 0 Å². The van der Waals surface area contributed by atoms with E-state index in [1.165, 1.54) is 13.2 Å². The van der Waals surface area contributed by atoms with Crippen LogP contribution in [0.3, 0.4) is 0 Å². The second kappa shape index (κ2) is 8.41. The van der Waals surface area contributed by atoms with Crippen molar-refractivity contribution in [3.63, 3.8) is 0 Å². The predicted octanol–water partition coefficient (Wildman–Crippen LogP) is 2.45. The van der Waals surface area contributed by atoms with Gasteiger partial charge in [0.2, 0.25) is 5.91 Å². The molecule has 0 spiro atoms. The summed E-state index contributed by atoms with van der Waals surface area (Å²) in [6.07, 6.45) is 11.9. The fourth-order valence-corrected chi connectivity index (χ4v) is 2.90. The van der Waals surface area contributed by atoms with Crippen molar-refractivity contribution in [1.82, 2.24) is 9.88 Å². The lowest BCUT2D eigenvalue weighted by atomic mass is 9.85. The molecule has 1 aliphatic rings. The number of methoxy groups -OCH3 is 1. The molecule has 0 aliphatic heterocycles. The first-order chi connectivity index (χ1) is 10.7. The molecule has 5 nitrogen and oxygen atoms in total. The van der Waals surface area contributed by atoms with Crippen LogP contribution in [0, 0.1) is 5.92 Å². The molecule has 0 bridgehead atoms. The third-order valence-electron chi connectivity index (χ3n) is 4.18. The lowest BCUT2D eigenvalue weighted by molar-refractivity contribution is -0.134. The van der Waals surface area contributed by atoms with Crippen molar-refractivity contribution < 1.29 is 14.3 Å². The SMILES string of the molecule is COC(=O)/C=C/CCNC(=O)C1CCC(n2cccc2)CC1. The van der Waals surface area contributed by atoms with E-state index in [0.29, 0.717) is 19.0 Å². The fraction of sp³-hybridized carbons (Fsp3) is 0.529. The van der Waals surface area contributed by atoms with Crippen LogP contribution < -0.4 is 5.32 Å². The second-order valence-electron chi connectivity index (χ2n) is 5.64. The summed E-state index contributed by atoms with van der Waals surface area (Å²) >= 11 is 0. The van der Waals surface area contributed by atoms with Gasteiger partial charge in [0.25, 0.3) is 0 Å². The van der Waals surface area contributed by atoms with E-state index in [9.17, 15) is 9.59 Å². The van der Waals surface area contributed by atoms with Crippen molar-refractivity contribution in [3.05, 3.63) is 36.7 Å². The normalized spacial score (nSPS) is 21.7. The van der Waals surface area contributed by atoms with Gasteiger partial charge in [0.1, 0.15) is 0 Å². The van der Waals surface area contributed by atoms with Crippen molar-refractivity contribution in [2.75, 3.05) is 13.7 Å². The highest BCUT2D eigenvalue weighted by Crippen LogP contribution is 2.32. The van der Waals surface area contributed by atoms with Gasteiger partial charge in [-0.3, -0.25) is 4.79 Å². The van der Waals surface area contributed by atoms with E-state index in [1.54, 1.807) is 6.08 Å². The van der Waals surface area contributed by atoms with Crippen LogP contribution in [0.4, 0.5) is 0 Å². The van der Waals surface area contributed by atoms with Crippen molar-refractivity contribution >= 4 is 11.9 Å².